The van der Waals surface area contributed by atoms with E-state index >= 15 is 0 Å². The molecule has 0 N–H and O–H groups in total. The molecule has 0 aromatic carbocycles. The Hall–Kier alpha value is -1.84. The minimum atomic E-state index is -5.55. The first kappa shape index (κ1) is 19.5. The average molecular weight is 459 g/mol. The third-order valence-electron chi connectivity index (χ3n) is 4.00. The molecule has 8 nitrogen and oxygen atoms in total. The number of rotatable bonds is 4. The van der Waals surface area contributed by atoms with Crippen molar-refractivity contribution in [2.45, 2.75) is 53.4 Å². The van der Waals surface area contributed by atoms with Crippen LogP contribution in [-0.2, 0) is 31.5 Å². The second-order valence-electron chi connectivity index (χ2n) is 5.39. The van der Waals surface area contributed by atoms with Crippen molar-refractivity contribution in [3.63, 3.8) is 0 Å². The zero-order valence-corrected chi connectivity index (χ0v) is 17.4. The van der Waals surface area contributed by atoms with Crippen molar-refractivity contribution in [1.82, 2.24) is 0 Å². The molecule has 1 spiro atoms. The van der Waals surface area contributed by atoms with Gasteiger partial charge >= 0.3 is 151 Å². The molecular formula is C16H20O8Sn. The van der Waals surface area contributed by atoms with Crippen LogP contribution in [0.5, 0.6) is 0 Å². The molecule has 0 radical (unpaired) electrons. The molecule has 9 heteroatoms. The summed E-state index contributed by atoms with van der Waals surface area (Å²) in [6.07, 6.45) is 0.943. The van der Waals surface area contributed by atoms with Gasteiger partial charge in [0.1, 0.15) is 0 Å². The summed E-state index contributed by atoms with van der Waals surface area (Å²) in [7, 11) is 0. The Morgan fingerprint density at radius 2 is 0.720 bits per heavy atom. The van der Waals surface area contributed by atoms with E-state index < -0.39 is 43.9 Å². The van der Waals surface area contributed by atoms with Crippen LogP contribution in [0.3, 0.4) is 0 Å². The van der Waals surface area contributed by atoms with Gasteiger partial charge in [-0.3, -0.25) is 0 Å². The summed E-state index contributed by atoms with van der Waals surface area (Å²) in [6, 6.07) is 0. The van der Waals surface area contributed by atoms with Gasteiger partial charge < -0.3 is 0 Å². The fourth-order valence-corrected chi connectivity index (χ4v) is 7.46. The van der Waals surface area contributed by atoms with Crippen molar-refractivity contribution in [3.05, 3.63) is 22.3 Å². The van der Waals surface area contributed by atoms with E-state index in [0.717, 1.165) is 0 Å². The Kier molecular flexibility index (Phi) is 5.91. The third-order valence-corrected chi connectivity index (χ3v) is 8.97. The molecular weight excluding hydrogens is 439 g/mol. The van der Waals surface area contributed by atoms with E-state index in [1.54, 1.807) is 27.7 Å². The minimum absolute atomic E-state index is 0.136. The zero-order chi connectivity index (χ0) is 18.8. The molecule has 25 heavy (non-hydrogen) atoms. The molecule has 0 aromatic rings. The quantitative estimate of drug-likeness (QED) is 0.587. The molecule has 2 heterocycles. The molecule has 0 fully saturated rings. The van der Waals surface area contributed by atoms with Crippen LogP contribution < -0.4 is 0 Å². The summed E-state index contributed by atoms with van der Waals surface area (Å²) in [5.41, 5.74) is 0.544. The summed E-state index contributed by atoms with van der Waals surface area (Å²) in [6.45, 7) is 6.74. The van der Waals surface area contributed by atoms with Crippen molar-refractivity contribution >= 4 is 43.9 Å². The van der Waals surface area contributed by atoms with Crippen LogP contribution in [0.15, 0.2) is 22.3 Å². The first-order valence-electron chi connectivity index (χ1n) is 8.19. The molecule has 0 bridgehead atoms. The van der Waals surface area contributed by atoms with Gasteiger partial charge in [0.05, 0.1) is 0 Å². The maximum atomic E-state index is 12.4. The van der Waals surface area contributed by atoms with E-state index in [0.29, 0.717) is 0 Å². The molecule has 0 unspecified atom stereocenters. The molecule has 0 aliphatic carbocycles. The normalized spacial score (nSPS) is 20.6. The van der Waals surface area contributed by atoms with Crippen LogP contribution in [0.25, 0.3) is 0 Å². The topological polar surface area (TPSA) is 105 Å². The summed E-state index contributed by atoms with van der Waals surface area (Å²) >= 11 is -5.55. The van der Waals surface area contributed by atoms with E-state index in [1.807, 2.05) is 0 Å². The van der Waals surface area contributed by atoms with Crippen LogP contribution in [0.2, 0.25) is 0 Å². The first-order valence-corrected chi connectivity index (χ1v) is 12.9. The van der Waals surface area contributed by atoms with Crippen molar-refractivity contribution in [3.8, 4) is 0 Å². The Labute approximate surface area is 151 Å². The fraction of sp³-hybridized carbons (Fsp3) is 0.500. The Bertz CT molecular complexity index is 583. The summed E-state index contributed by atoms with van der Waals surface area (Å²) in [5, 5.41) is 0. The molecule has 0 saturated heterocycles. The van der Waals surface area contributed by atoms with Crippen LogP contribution >= 0.6 is 0 Å². The first-order chi connectivity index (χ1) is 11.8. The molecule has 0 aromatic heterocycles. The molecule has 0 amide bonds. The molecule has 0 atom stereocenters. The fourth-order valence-electron chi connectivity index (χ4n) is 2.75. The Balaban J connectivity index is 2.48. The van der Waals surface area contributed by atoms with Crippen LogP contribution in [0, 0.1) is 0 Å². The van der Waals surface area contributed by atoms with E-state index in [9.17, 15) is 19.2 Å². The summed E-state index contributed by atoms with van der Waals surface area (Å²) in [4.78, 5) is 49.6. The SMILES string of the molecule is CCC1=C(CC)C(=O)[O][Sn]2([O]C1=O)[O]C(=O)C(CC)=C(CC)C(=O)[O]2. The Morgan fingerprint density at radius 1 is 0.520 bits per heavy atom. The third kappa shape index (κ3) is 3.58. The number of hydrogen-bond acceptors (Lipinski definition) is 8. The van der Waals surface area contributed by atoms with E-state index in [2.05, 4.69) is 0 Å². The molecule has 0 saturated carbocycles. The predicted molar refractivity (Wildman–Crippen MR) is 85.3 cm³/mol. The van der Waals surface area contributed by atoms with Crippen LogP contribution in [0.4, 0.5) is 0 Å². The van der Waals surface area contributed by atoms with Gasteiger partial charge in [0, 0.05) is 0 Å². The van der Waals surface area contributed by atoms with Crippen molar-refractivity contribution in [1.29, 1.82) is 0 Å². The second kappa shape index (κ2) is 7.59. The molecule has 136 valence electrons. The number of carbonyl (C=O) groups excluding carboxylic acids is 4. The van der Waals surface area contributed by atoms with Crippen molar-refractivity contribution in [2.24, 2.45) is 0 Å². The predicted octanol–water partition coefficient (Wildman–Crippen LogP) is 1.86. The van der Waals surface area contributed by atoms with Crippen LogP contribution in [-0.4, -0.2) is 43.9 Å². The Morgan fingerprint density at radius 3 is 0.880 bits per heavy atom. The summed E-state index contributed by atoms with van der Waals surface area (Å²) in [5.74, 6) is -3.39. The van der Waals surface area contributed by atoms with E-state index in [-0.39, 0.29) is 48.0 Å². The van der Waals surface area contributed by atoms with Gasteiger partial charge in [-0.15, -0.1) is 0 Å². The summed E-state index contributed by atoms with van der Waals surface area (Å²) < 4.78 is 20.8. The maximum absolute atomic E-state index is 12.4. The van der Waals surface area contributed by atoms with Crippen molar-refractivity contribution in [2.75, 3.05) is 0 Å². The van der Waals surface area contributed by atoms with Crippen LogP contribution in [0.1, 0.15) is 53.4 Å². The standard InChI is InChI=1S/2C8H12O4.Sn/c2*1-3-5(7(9)10)6(4-2)8(11)12;/h2*3-4H2,1-2H3,(H,9,10)(H,11,12);/q;;+4/p-4. The van der Waals surface area contributed by atoms with Crippen molar-refractivity contribution < 1.29 is 31.5 Å². The van der Waals surface area contributed by atoms with Gasteiger partial charge in [-0.05, 0) is 0 Å². The van der Waals surface area contributed by atoms with Gasteiger partial charge in [-0.2, -0.15) is 0 Å². The monoisotopic (exact) mass is 460 g/mol. The number of hydrogen-bond donors (Lipinski definition) is 0. The average Bonchev–Trinajstić information content (AvgIpc) is 2.71. The molecule has 2 aliphatic heterocycles. The second-order valence-corrected chi connectivity index (χ2v) is 10.6. The van der Waals surface area contributed by atoms with E-state index in [1.165, 1.54) is 0 Å². The molecule has 2 aliphatic rings. The van der Waals surface area contributed by atoms with Gasteiger partial charge in [0.2, 0.25) is 0 Å². The number of carbonyl (C=O) groups is 4. The van der Waals surface area contributed by atoms with Gasteiger partial charge in [0.15, 0.2) is 0 Å². The van der Waals surface area contributed by atoms with Gasteiger partial charge in [0.25, 0.3) is 0 Å². The van der Waals surface area contributed by atoms with E-state index in [4.69, 9.17) is 12.3 Å². The zero-order valence-electron chi connectivity index (χ0n) is 14.6. The molecule has 2 rings (SSSR count). The van der Waals surface area contributed by atoms with Gasteiger partial charge in [-0.1, -0.05) is 0 Å². The van der Waals surface area contributed by atoms with Gasteiger partial charge in [-0.25, -0.2) is 0 Å².